The molecule has 1 saturated heterocycles. The van der Waals surface area contributed by atoms with Gasteiger partial charge in [0.2, 0.25) is 5.91 Å². The van der Waals surface area contributed by atoms with Gasteiger partial charge in [-0.1, -0.05) is 56.5 Å². The van der Waals surface area contributed by atoms with Gasteiger partial charge in [-0.05, 0) is 40.8 Å². The molecule has 3 rings (SSSR count). The number of fused-ring (bicyclic) bond motifs is 1. The lowest BCUT2D eigenvalue weighted by molar-refractivity contribution is -0.191. The summed E-state index contributed by atoms with van der Waals surface area (Å²) in [5.74, 6) is -0.377. The van der Waals surface area contributed by atoms with Crippen LogP contribution >= 0.6 is 0 Å². The highest BCUT2D eigenvalue weighted by molar-refractivity contribution is 5.84. The molecule has 1 aliphatic heterocycles. The first-order valence-electron chi connectivity index (χ1n) is 9.54. The van der Waals surface area contributed by atoms with E-state index in [0.29, 0.717) is 0 Å². The molecule has 1 heterocycles. The average molecular weight is 378 g/mol. The van der Waals surface area contributed by atoms with Crippen molar-refractivity contribution >= 4 is 16.7 Å². The molecule has 27 heavy (non-hydrogen) atoms. The third kappa shape index (κ3) is 4.80. The predicted molar refractivity (Wildman–Crippen MR) is 100 cm³/mol. The highest BCUT2D eigenvalue weighted by atomic mass is 19.4. The Morgan fingerprint density at radius 2 is 1.81 bits per heavy atom. The van der Waals surface area contributed by atoms with Crippen molar-refractivity contribution in [1.82, 2.24) is 10.4 Å². The van der Waals surface area contributed by atoms with Crippen molar-refractivity contribution in [2.24, 2.45) is 0 Å². The molecule has 0 saturated carbocycles. The molecule has 0 bridgehead atoms. The Hall–Kier alpha value is -2.08. The van der Waals surface area contributed by atoms with E-state index < -0.39 is 12.2 Å². The monoisotopic (exact) mass is 378 g/mol. The Bertz CT molecular complexity index is 804. The van der Waals surface area contributed by atoms with Crippen LogP contribution in [-0.4, -0.2) is 23.6 Å². The number of amides is 1. The van der Waals surface area contributed by atoms with E-state index in [1.807, 2.05) is 12.1 Å². The van der Waals surface area contributed by atoms with Crippen LogP contribution in [0.25, 0.3) is 10.8 Å². The summed E-state index contributed by atoms with van der Waals surface area (Å²) in [5, 5.41) is 2.72. The maximum Gasteiger partial charge on any atom is 0.409 e. The molecule has 1 amide bonds. The van der Waals surface area contributed by atoms with Gasteiger partial charge in [0.05, 0.1) is 0 Å². The summed E-state index contributed by atoms with van der Waals surface area (Å²) in [6.07, 6.45) is 1.35. The molecular weight excluding hydrogens is 353 g/mol. The van der Waals surface area contributed by atoms with Crippen LogP contribution in [0.3, 0.4) is 0 Å². The fraction of sp³-hybridized carbons (Fsp3) is 0.476. The van der Waals surface area contributed by atoms with Gasteiger partial charge < -0.3 is 0 Å². The maximum absolute atomic E-state index is 13.7. The van der Waals surface area contributed by atoms with Gasteiger partial charge in [0.1, 0.15) is 6.04 Å². The number of aryl methyl sites for hydroxylation is 1. The number of nitrogens with one attached hydrogen (secondary N) is 1. The first-order valence-corrected chi connectivity index (χ1v) is 9.54. The van der Waals surface area contributed by atoms with Crippen molar-refractivity contribution in [1.29, 1.82) is 0 Å². The van der Waals surface area contributed by atoms with Gasteiger partial charge in [-0.25, -0.2) is 5.01 Å². The molecule has 0 aromatic heterocycles. The molecule has 3 nitrogen and oxygen atoms in total. The third-order valence-electron chi connectivity index (χ3n) is 5.03. The van der Waals surface area contributed by atoms with Crippen LogP contribution in [-0.2, 0) is 11.2 Å². The van der Waals surface area contributed by atoms with Crippen molar-refractivity contribution in [3.05, 3.63) is 47.5 Å². The van der Waals surface area contributed by atoms with E-state index in [4.69, 9.17) is 0 Å². The Balaban J connectivity index is 1.83. The van der Waals surface area contributed by atoms with Crippen LogP contribution in [0.2, 0.25) is 0 Å². The van der Waals surface area contributed by atoms with Crippen LogP contribution < -0.4 is 5.43 Å². The Labute approximate surface area is 157 Å². The van der Waals surface area contributed by atoms with E-state index in [0.717, 1.165) is 28.6 Å². The summed E-state index contributed by atoms with van der Waals surface area (Å²) < 4.78 is 41.0. The molecule has 1 N–H and O–H groups in total. The smallest absolute Gasteiger partial charge is 0.288 e. The molecular formula is C21H25F3N2O. The number of carbonyl (C=O) groups is 1. The second kappa shape index (κ2) is 8.30. The van der Waals surface area contributed by atoms with Gasteiger partial charge in [0, 0.05) is 13.0 Å². The summed E-state index contributed by atoms with van der Waals surface area (Å²) in [6.45, 7) is 2.23. The van der Waals surface area contributed by atoms with Crippen molar-refractivity contribution < 1.29 is 18.0 Å². The molecule has 2 aromatic rings. The Morgan fingerprint density at radius 1 is 1.07 bits per heavy atom. The summed E-state index contributed by atoms with van der Waals surface area (Å²) in [4.78, 5) is 11.4. The molecule has 1 fully saturated rings. The van der Waals surface area contributed by atoms with Gasteiger partial charge in [-0.2, -0.15) is 13.2 Å². The third-order valence-corrected chi connectivity index (χ3v) is 5.03. The summed E-state index contributed by atoms with van der Waals surface area (Å²) in [5.41, 5.74) is 3.68. The lowest BCUT2D eigenvalue weighted by Crippen LogP contribution is -2.43. The van der Waals surface area contributed by atoms with Crippen molar-refractivity contribution in [2.45, 2.75) is 57.7 Å². The number of halogens is 3. The fourth-order valence-electron chi connectivity index (χ4n) is 3.63. The minimum atomic E-state index is -4.47. The van der Waals surface area contributed by atoms with E-state index in [9.17, 15) is 18.0 Å². The molecule has 0 unspecified atom stereocenters. The number of benzene rings is 2. The fourth-order valence-corrected chi connectivity index (χ4v) is 3.63. The molecule has 0 radical (unpaired) electrons. The molecule has 2 aromatic carbocycles. The molecule has 0 aliphatic carbocycles. The quantitative estimate of drug-likeness (QED) is 0.663. The SMILES string of the molecule is CCCCCCc1ccc2cc([C@H](N3CCC(=O)N3)C(F)(F)F)ccc2c1. The first kappa shape index (κ1) is 19.7. The molecule has 1 aliphatic rings. The number of carbonyl (C=O) groups excluding carboxylic acids is 1. The number of hydrazine groups is 1. The Morgan fingerprint density at radius 3 is 2.48 bits per heavy atom. The van der Waals surface area contributed by atoms with Gasteiger partial charge in [-0.15, -0.1) is 0 Å². The van der Waals surface area contributed by atoms with E-state index >= 15 is 0 Å². The number of hydrogen-bond acceptors (Lipinski definition) is 2. The average Bonchev–Trinajstić information content (AvgIpc) is 3.03. The van der Waals surface area contributed by atoms with E-state index in [2.05, 4.69) is 18.4 Å². The topological polar surface area (TPSA) is 32.3 Å². The molecule has 1 atom stereocenters. The zero-order chi connectivity index (χ0) is 19.4. The Kier molecular flexibility index (Phi) is 6.05. The maximum atomic E-state index is 13.7. The normalized spacial score (nSPS) is 16.7. The van der Waals surface area contributed by atoms with Crippen molar-refractivity contribution in [3.63, 3.8) is 0 Å². The zero-order valence-electron chi connectivity index (χ0n) is 15.5. The second-order valence-electron chi connectivity index (χ2n) is 7.17. The minimum Gasteiger partial charge on any atom is -0.288 e. The largest absolute Gasteiger partial charge is 0.409 e. The van der Waals surface area contributed by atoms with Crippen LogP contribution in [0.15, 0.2) is 36.4 Å². The summed E-state index contributed by atoms with van der Waals surface area (Å²) in [6, 6.07) is 8.97. The van der Waals surface area contributed by atoms with Gasteiger partial charge in [-0.3, -0.25) is 10.2 Å². The molecule has 146 valence electrons. The summed E-state index contributed by atoms with van der Waals surface area (Å²) >= 11 is 0. The summed E-state index contributed by atoms with van der Waals surface area (Å²) in [7, 11) is 0. The van der Waals surface area contributed by atoms with Gasteiger partial charge in [0.15, 0.2) is 0 Å². The van der Waals surface area contributed by atoms with Gasteiger partial charge >= 0.3 is 6.18 Å². The highest BCUT2D eigenvalue weighted by Crippen LogP contribution is 2.38. The standard InChI is InChI=1S/C21H25F3N2O/c1-2-3-4-5-6-15-7-8-17-14-18(10-9-16(17)13-15)20(21(22,23)24)26-12-11-19(27)25-26/h7-10,13-14,20H,2-6,11-12H2,1H3,(H,25,27)/t20-/m0/s1. The van der Waals surface area contributed by atoms with E-state index in [1.165, 1.54) is 30.9 Å². The van der Waals surface area contributed by atoms with Crippen molar-refractivity contribution in [2.75, 3.05) is 6.54 Å². The van der Waals surface area contributed by atoms with Crippen LogP contribution in [0.1, 0.15) is 56.2 Å². The van der Waals surface area contributed by atoms with Gasteiger partial charge in [0.25, 0.3) is 0 Å². The van der Waals surface area contributed by atoms with Crippen LogP contribution in [0, 0.1) is 0 Å². The molecule has 6 heteroatoms. The van der Waals surface area contributed by atoms with Crippen LogP contribution in [0.4, 0.5) is 13.2 Å². The van der Waals surface area contributed by atoms with Crippen LogP contribution in [0.5, 0.6) is 0 Å². The molecule has 0 spiro atoms. The number of nitrogens with zero attached hydrogens (tertiary/aromatic N) is 1. The number of rotatable bonds is 7. The lowest BCUT2D eigenvalue weighted by Gasteiger charge is -2.29. The zero-order valence-corrected chi connectivity index (χ0v) is 15.5. The van der Waals surface area contributed by atoms with E-state index in [-0.39, 0.29) is 24.4 Å². The van der Waals surface area contributed by atoms with Crippen molar-refractivity contribution in [3.8, 4) is 0 Å². The highest BCUT2D eigenvalue weighted by Gasteiger charge is 2.46. The lowest BCUT2D eigenvalue weighted by atomic mass is 9.98. The number of alkyl halides is 3. The minimum absolute atomic E-state index is 0.0533. The number of hydrogen-bond donors (Lipinski definition) is 1. The van der Waals surface area contributed by atoms with E-state index in [1.54, 1.807) is 12.1 Å². The second-order valence-corrected chi connectivity index (χ2v) is 7.17. The number of unbranched alkanes of at least 4 members (excludes halogenated alkanes) is 3. The predicted octanol–water partition coefficient (Wildman–Crippen LogP) is 5.30. The first-order chi connectivity index (χ1) is 12.9.